The Labute approximate surface area is 213 Å². The largest absolute Gasteiger partial charge is 0.487 e. The second kappa shape index (κ2) is 13.0. The molecule has 0 aromatic heterocycles. The van der Waals surface area contributed by atoms with E-state index >= 15 is 0 Å². The summed E-state index contributed by atoms with van der Waals surface area (Å²) in [6.45, 7) is 7.83. The van der Waals surface area contributed by atoms with E-state index in [0.29, 0.717) is 49.8 Å². The number of nitrogen functional groups attached to an aromatic ring is 1. The lowest BCUT2D eigenvalue weighted by Crippen LogP contribution is -2.39. The first kappa shape index (κ1) is 27.0. The number of nitrogens with two attached hydrogens (primary N) is 1. The quantitative estimate of drug-likeness (QED) is 0.330. The Morgan fingerprint density at radius 2 is 1.64 bits per heavy atom. The molecule has 7 nitrogen and oxygen atoms in total. The highest BCUT2D eigenvalue weighted by Gasteiger charge is 2.18. The van der Waals surface area contributed by atoms with Gasteiger partial charge in [-0.15, -0.1) is 0 Å². The molecule has 7 heteroatoms. The highest BCUT2D eigenvalue weighted by molar-refractivity contribution is 5.67. The number of aliphatic hydroxyl groups is 1. The standard InChI is InChI=1S/C29H37N3O4/c1-29(2,3)36-28(34)31-16-17-32(19-22-10-6-4-7-11-22)20-26(33)24-14-15-27(25(30)18-24)35-21-23-12-8-5-9-13-23/h4-15,18,26,33H,16-17,19-21,30H2,1-3H3,(H,31,34). The van der Waals surface area contributed by atoms with Crippen LogP contribution in [-0.4, -0.2) is 41.3 Å². The molecule has 4 N–H and O–H groups in total. The van der Waals surface area contributed by atoms with Gasteiger partial charge in [-0.2, -0.15) is 0 Å². The number of nitrogens with one attached hydrogen (secondary N) is 1. The van der Waals surface area contributed by atoms with Gasteiger partial charge in [-0.05, 0) is 49.6 Å². The highest BCUT2D eigenvalue weighted by atomic mass is 16.6. The number of nitrogens with zero attached hydrogens (tertiary/aromatic N) is 1. The Balaban J connectivity index is 1.61. The van der Waals surface area contributed by atoms with Crippen molar-refractivity contribution in [1.29, 1.82) is 0 Å². The number of rotatable bonds is 11. The maximum absolute atomic E-state index is 12.0. The lowest BCUT2D eigenvalue weighted by molar-refractivity contribution is 0.0515. The molecule has 1 unspecified atom stereocenters. The first-order valence-corrected chi connectivity index (χ1v) is 12.2. The molecule has 0 aliphatic heterocycles. The maximum atomic E-state index is 12.0. The van der Waals surface area contributed by atoms with E-state index in [0.717, 1.165) is 11.1 Å². The fraction of sp³-hybridized carbons (Fsp3) is 0.345. The summed E-state index contributed by atoms with van der Waals surface area (Å²) < 4.78 is 11.2. The number of alkyl carbamates (subject to hydrolysis) is 1. The molecule has 0 saturated heterocycles. The average molecular weight is 492 g/mol. The number of carbonyl (C=O) groups is 1. The molecule has 0 aliphatic rings. The van der Waals surface area contributed by atoms with Crippen molar-refractivity contribution >= 4 is 11.8 Å². The number of ether oxygens (including phenoxy) is 2. The van der Waals surface area contributed by atoms with Crippen LogP contribution in [0.4, 0.5) is 10.5 Å². The monoisotopic (exact) mass is 491 g/mol. The van der Waals surface area contributed by atoms with Gasteiger partial charge in [0.2, 0.25) is 0 Å². The van der Waals surface area contributed by atoms with Crippen LogP contribution in [0, 0.1) is 0 Å². The molecule has 192 valence electrons. The van der Waals surface area contributed by atoms with E-state index in [1.807, 2.05) is 87.5 Å². The summed E-state index contributed by atoms with van der Waals surface area (Å²) in [4.78, 5) is 14.1. The molecule has 1 amide bonds. The number of hydrogen-bond donors (Lipinski definition) is 3. The van der Waals surface area contributed by atoms with Crippen LogP contribution in [0.15, 0.2) is 78.9 Å². The number of hydrogen-bond acceptors (Lipinski definition) is 6. The summed E-state index contributed by atoms with van der Waals surface area (Å²) in [5.41, 5.74) is 9.03. The molecule has 0 spiro atoms. The normalized spacial score (nSPS) is 12.2. The van der Waals surface area contributed by atoms with Crippen LogP contribution in [0.3, 0.4) is 0 Å². The Kier molecular flexibility index (Phi) is 9.73. The van der Waals surface area contributed by atoms with E-state index in [1.54, 1.807) is 12.1 Å². The predicted octanol–water partition coefficient (Wildman–Crippen LogP) is 4.91. The lowest BCUT2D eigenvalue weighted by atomic mass is 10.1. The van der Waals surface area contributed by atoms with Gasteiger partial charge in [0.05, 0.1) is 11.8 Å². The summed E-state index contributed by atoms with van der Waals surface area (Å²) in [5, 5.41) is 13.8. The molecule has 0 radical (unpaired) electrons. The average Bonchev–Trinajstić information content (AvgIpc) is 2.83. The summed E-state index contributed by atoms with van der Waals surface area (Å²) in [6.07, 6.45) is -1.22. The Morgan fingerprint density at radius 1 is 1.00 bits per heavy atom. The summed E-state index contributed by atoms with van der Waals surface area (Å²) >= 11 is 0. The molecule has 3 rings (SSSR count). The van der Waals surface area contributed by atoms with Crippen molar-refractivity contribution in [2.45, 2.75) is 45.6 Å². The number of carbonyl (C=O) groups excluding carboxylic acids is 1. The van der Waals surface area contributed by atoms with E-state index in [2.05, 4.69) is 10.2 Å². The van der Waals surface area contributed by atoms with Crippen LogP contribution in [-0.2, 0) is 17.9 Å². The van der Waals surface area contributed by atoms with Gasteiger partial charge >= 0.3 is 6.09 Å². The van der Waals surface area contributed by atoms with Crippen LogP contribution in [0.2, 0.25) is 0 Å². The van der Waals surface area contributed by atoms with Crippen molar-refractivity contribution in [2.75, 3.05) is 25.4 Å². The van der Waals surface area contributed by atoms with Crippen molar-refractivity contribution < 1.29 is 19.4 Å². The zero-order valence-electron chi connectivity index (χ0n) is 21.3. The van der Waals surface area contributed by atoms with Gasteiger partial charge in [0.15, 0.2) is 0 Å². The SMILES string of the molecule is CC(C)(C)OC(=O)NCCN(Cc1ccccc1)CC(O)c1ccc(OCc2ccccc2)c(N)c1. The van der Waals surface area contributed by atoms with Gasteiger partial charge in [0.1, 0.15) is 18.0 Å². The fourth-order valence-corrected chi connectivity index (χ4v) is 3.70. The van der Waals surface area contributed by atoms with Crippen molar-refractivity contribution in [3.63, 3.8) is 0 Å². The number of benzene rings is 3. The van der Waals surface area contributed by atoms with Crippen LogP contribution in [0.1, 0.15) is 43.6 Å². The van der Waals surface area contributed by atoms with Crippen molar-refractivity contribution in [1.82, 2.24) is 10.2 Å². The first-order chi connectivity index (χ1) is 17.2. The minimum atomic E-state index is -0.763. The topological polar surface area (TPSA) is 97.0 Å². The molecule has 0 fully saturated rings. The van der Waals surface area contributed by atoms with Crippen molar-refractivity contribution in [3.8, 4) is 5.75 Å². The van der Waals surface area contributed by atoms with Crippen molar-refractivity contribution in [3.05, 3.63) is 95.6 Å². The third-order valence-electron chi connectivity index (χ3n) is 5.43. The highest BCUT2D eigenvalue weighted by Crippen LogP contribution is 2.27. The van der Waals surface area contributed by atoms with E-state index in [1.165, 1.54) is 0 Å². The summed E-state index contributed by atoms with van der Waals surface area (Å²) in [5.74, 6) is 0.581. The van der Waals surface area contributed by atoms with Crippen LogP contribution >= 0.6 is 0 Å². The third-order valence-corrected chi connectivity index (χ3v) is 5.43. The fourth-order valence-electron chi connectivity index (χ4n) is 3.70. The molecule has 0 heterocycles. The second-order valence-corrected chi connectivity index (χ2v) is 9.74. The van der Waals surface area contributed by atoms with E-state index in [-0.39, 0.29) is 0 Å². The lowest BCUT2D eigenvalue weighted by Gasteiger charge is -2.26. The minimum absolute atomic E-state index is 0.370. The molecule has 0 saturated carbocycles. The molecule has 3 aromatic rings. The first-order valence-electron chi connectivity index (χ1n) is 12.2. The van der Waals surface area contributed by atoms with Gasteiger partial charge in [-0.3, -0.25) is 4.90 Å². The molecule has 0 bridgehead atoms. The molecule has 1 atom stereocenters. The molecule has 3 aromatic carbocycles. The smallest absolute Gasteiger partial charge is 0.407 e. The van der Waals surface area contributed by atoms with E-state index in [4.69, 9.17) is 15.2 Å². The van der Waals surface area contributed by atoms with E-state index in [9.17, 15) is 9.90 Å². The Hall–Kier alpha value is -3.55. The second-order valence-electron chi connectivity index (χ2n) is 9.74. The number of aliphatic hydroxyl groups excluding tert-OH is 1. The zero-order valence-corrected chi connectivity index (χ0v) is 21.3. The Bertz CT molecular complexity index is 1080. The van der Waals surface area contributed by atoms with Gasteiger partial charge in [-0.1, -0.05) is 66.7 Å². The van der Waals surface area contributed by atoms with Gasteiger partial charge < -0.3 is 25.6 Å². The summed E-state index contributed by atoms with van der Waals surface area (Å²) in [6, 6.07) is 25.3. The minimum Gasteiger partial charge on any atom is -0.487 e. The Morgan fingerprint density at radius 3 is 2.25 bits per heavy atom. The zero-order chi connectivity index (χ0) is 26.0. The van der Waals surface area contributed by atoms with Crippen LogP contribution in [0.5, 0.6) is 5.75 Å². The molecule has 36 heavy (non-hydrogen) atoms. The van der Waals surface area contributed by atoms with Crippen molar-refractivity contribution in [2.24, 2.45) is 0 Å². The van der Waals surface area contributed by atoms with Gasteiger partial charge in [0, 0.05) is 26.2 Å². The number of anilines is 1. The molecule has 0 aliphatic carbocycles. The summed E-state index contributed by atoms with van der Waals surface area (Å²) in [7, 11) is 0. The van der Waals surface area contributed by atoms with Crippen LogP contribution < -0.4 is 15.8 Å². The van der Waals surface area contributed by atoms with Gasteiger partial charge in [0.25, 0.3) is 0 Å². The number of amides is 1. The van der Waals surface area contributed by atoms with Gasteiger partial charge in [-0.25, -0.2) is 4.79 Å². The molecular formula is C29H37N3O4. The molecular weight excluding hydrogens is 454 g/mol. The van der Waals surface area contributed by atoms with E-state index < -0.39 is 17.8 Å². The third kappa shape index (κ3) is 9.24. The van der Waals surface area contributed by atoms with Crippen LogP contribution in [0.25, 0.3) is 0 Å². The predicted molar refractivity (Wildman–Crippen MR) is 143 cm³/mol. The maximum Gasteiger partial charge on any atom is 0.407 e.